The first-order valence-electron chi connectivity index (χ1n) is 10.0. The maximum Gasteiger partial charge on any atom is 0.223 e. The van der Waals surface area contributed by atoms with Crippen molar-refractivity contribution >= 4 is 5.91 Å². The zero-order valence-corrected chi connectivity index (χ0v) is 14.6. The zero-order valence-electron chi connectivity index (χ0n) is 14.6. The van der Waals surface area contributed by atoms with Gasteiger partial charge in [0.05, 0.1) is 0 Å². The minimum absolute atomic E-state index is 0.474. The third-order valence-corrected chi connectivity index (χ3v) is 6.83. The van der Waals surface area contributed by atoms with Gasteiger partial charge in [-0.3, -0.25) is 4.79 Å². The molecule has 2 saturated carbocycles. The van der Waals surface area contributed by atoms with Crippen molar-refractivity contribution in [3.05, 3.63) is 0 Å². The van der Waals surface area contributed by atoms with Crippen LogP contribution in [0.5, 0.6) is 0 Å². The normalized spacial score (nSPS) is 34.6. The second-order valence-corrected chi connectivity index (χ2v) is 8.24. The summed E-state index contributed by atoms with van der Waals surface area (Å²) < 4.78 is 0. The van der Waals surface area contributed by atoms with Gasteiger partial charge in [-0.2, -0.15) is 0 Å². The Hall–Kier alpha value is -0.530. The third kappa shape index (κ3) is 3.86. The first kappa shape index (κ1) is 16.3. The van der Waals surface area contributed by atoms with Gasteiger partial charge in [0.2, 0.25) is 5.91 Å². The van der Waals surface area contributed by atoms with Crippen molar-refractivity contribution in [2.24, 2.45) is 17.8 Å². The van der Waals surface area contributed by atoms with Gasteiger partial charge in [0.15, 0.2) is 0 Å². The van der Waals surface area contributed by atoms with E-state index in [0.29, 0.717) is 17.9 Å². The molecule has 22 heavy (non-hydrogen) atoms. The van der Waals surface area contributed by atoms with Crippen LogP contribution in [0.1, 0.15) is 90.4 Å². The van der Waals surface area contributed by atoms with Crippen molar-refractivity contribution in [1.82, 2.24) is 4.90 Å². The molecule has 3 rings (SSSR count). The van der Waals surface area contributed by atoms with E-state index in [1.807, 2.05) is 0 Å². The second kappa shape index (κ2) is 7.84. The first-order chi connectivity index (χ1) is 10.8. The lowest BCUT2D eigenvalue weighted by molar-refractivity contribution is -0.139. The summed E-state index contributed by atoms with van der Waals surface area (Å²) in [4.78, 5) is 15.1. The molecule has 1 heterocycles. The van der Waals surface area contributed by atoms with Gasteiger partial charge < -0.3 is 4.90 Å². The van der Waals surface area contributed by atoms with Gasteiger partial charge in [-0.25, -0.2) is 0 Å². The van der Waals surface area contributed by atoms with E-state index in [1.54, 1.807) is 0 Å². The number of nitrogens with zero attached hydrogens (tertiary/aromatic N) is 1. The molecule has 3 aliphatic rings. The van der Waals surface area contributed by atoms with E-state index in [-0.39, 0.29) is 0 Å². The van der Waals surface area contributed by atoms with Crippen LogP contribution in [0.25, 0.3) is 0 Å². The molecule has 2 heteroatoms. The number of fused-ring (bicyclic) bond motifs is 1. The van der Waals surface area contributed by atoms with Gasteiger partial charge in [0.1, 0.15) is 0 Å². The highest BCUT2D eigenvalue weighted by Crippen LogP contribution is 2.40. The Morgan fingerprint density at radius 2 is 1.50 bits per heavy atom. The molecule has 3 atom stereocenters. The summed E-state index contributed by atoms with van der Waals surface area (Å²) in [6.07, 6.45) is 17.1. The summed E-state index contributed by atoms with van der Waals surface area (Å²) in [5.41, 5.74) is 0. The second-order valence-electron chi connectivity index (χ2n) is 8.24. The summed E-state index contributed by atoms with van der Waals surface area (Å²) in [5, 5.41) is 0. The summed E-state index contributed by atoms with van der Waals surface area (Å²) in [6, 6.07) is 0.500. The van der Waals surface area contributed by atoms with E-state index in [1.165, 1.54) is 77.0 Å². The van der Waals surface area contributed by atoms with Gasteiger partial charge in [0, 0.05) is 19.0 Å². The first-order valence-corrected chi connectivity index (χ1v) is 10.0. The number of carbonyl (C=O) groups excluding carboxylic acids is 1. The highest BCUT2D eigenvalue weighted by molar-refractivity contribution is 5.77. The minimum atomic E-state index is 0.474. The Labute approximate surface area is 137 Å². The van der Waals surface area contributed by atoms with E-state index >= 15 is 0 Å². The fourth-order valence-electron chi connectivity index (χ4n) is 5.43. The number of rotatable bonds is 2. The van der Waals surface area contributed by atoms with Crippen molar-refractivity contribution in [1.29, 1.82) is 0 Å². The monoisotopic (exact) mass is 305 g/mol. The molecule has 0 radical (unpaired) electrons. The smallest absolute Gasteiger partial charge is 0.223 e. The molecule has 3 fully saturated rings. The summed E-state index contributed by atoms with van der Waals surface area (Å²) in [6.45, 7) is 3.37. The van der Waals surface area contributed by atoms with Crippen LogP contribution in [0.3, 0.4) is 0 Å². The Bertz CT molecular complexity index is 359. The van der Waals surface area contributed by atoms with E-state index in [2.05, 4.69) is 11.8 Å². The lowest BCUT2D eigenvalue weighted by atomic mass is 9.71. The SMILES string of the molecule is CC1C2CCCCC2CCN1C(=O)CC1CCCCCCC1. The largest absolute Gasteiger partial charge is 0.340 e. The van der Waals surface area contributed by atoms with Gasteiger partial charge >= 0.3 is 0 Å². The summed E-state index contributed by atoms with van der Waals surface area (Å²) >= 11 is 0. The number of amides is 1. The molecule has 126 valence electrons. The molecule has 0 aromatic rings. The van der Waals surface area contributed by atoms with Gasteiger partial charge in [-0.1, -0.05) is 51.4 Å². The topological polar surface area (TPSA) is 20.3 Å². The standard InChI is InChI=1S/C20H35NO/c1-16-19-12-8-7-11-18(19)13-14-21(16)20(22)15-17-9-5-3-2-4-6-10-17/h16-19H,2-15H2,1H3. The highest BCUT2D eigenvalue weighted by Gasteiger charge is 2.38. The zero-order chi connectivity index (χ0) is 15.4. The molecule has 0 N–H and O–H groups in total. The number of hydrogen-bond donors (Lipinski definition) is 0. The van der Waals surface area contributed by atoms with E-state index in [0.717, 1.165) is 24.8 Å². The van der Waals surface area contributed by atoms with Crippen molar-refractivity contribution in [3.8, 4) is 0 Å². The molecular formula is C20H35NO. The average Bonchev–Trinajstić information content (AvgIpc) is 2.50. The van der Waals surface area contributed by atoms with Crippen LogP contribution in [-0.4, -0.2) is 23.4 Å². The minimum Gasteiger partial charge on any atom is -0.340 e. The average molecular weight is 306 g/mol. The Kier molecular flexibility index (Phi) is 5.82. The quantitative estimate of drug-likeness (QED) is 0.689. The third-order valence-electron chi connectivity index (χ3n) is 6.83. The molecule has 2 aliphatic carbocycles. The van der Waals surface area contributed by atoms with Gasteiger partial charge in [0.25, 0.3) is 0 Å². The summed E-state index contributed by atoms with van der Waals surface area (Å²) in [7, 11) is 0. The van der Waals surface area contributed by atoms with E-state index in [4.69, 9.17) is 0 Å². The molecule has 0 aromatic carbocycles. The Morgan fingerprint density at radius 1 is 0.864 bits per heavy atom. The van der Waals surface area contributed by atoms with Crippen LogP contribution in [0, 0.1) is 17.8 Å². The van der Waals surface area contributed by atoms with Crippen molar-refractivity contribution in [3.63, 3.8) is 0 Å². The highest BCUT2D eigenvalue weighted by atomic mass is 16.2. The van der Waals surface area contributed by atoms with Gasteiger partial charge in [-0.05, 0) is 50.4 Å². The number of piperidine rings is 1. The molecule has 2 nitrogen and oxygen atoms in total. The number of hydrogen-bond acceptors (Lipinski definition) is 1. The van der Waals surface area contributed by atoms with Crippen molar-refractivity contribution in [2.75, 3.05) is 6.54 Å². The van der Waals surface area contributed by atoms with Crippen LogP contribution in [0.15, 0.2) is 0 Å². The lowest BCUT2D eigenvalue weighted by Crippen LogP contribution is -2.51. The maximum absolute atomic E-state index is 12.9. The Morgan fingerprint density at radius 3 is 2.27 bits per heavy atom. The van der Waals surface area contributed by atoms with Crippen molar-refractivity contribution < 1.29 is 4.79 Å². The van der Waals surface area contributed by atoms with Crippen molar-refractivity contribution in [2.45, 2.75) is 96.4 Å². The number of likely N-dealkylation sites (tertiary alicyclic amines) is 1. The maximum atomic E-state index is 12.9. The van der Waals surface area contributed by atoms with Crippen LogP contribution in [0.2, 0.25) is 0 Å². The molecule has 0 aromatic heterocycles. The molecule has 3 unspecified atom stereocenters. The van der Waals surface area contributed by atoms with E-state index < -0.39 is 0 Å². The predicted octanol–water partition coefficient (Wildman–Crippen LogP) is 5.16. The van der Waals surface area contributed by atoms with Crippen LogP contribution < -0.4 is 0 Å². The van der Waals surface area contributed by atoms with Gasteiger partial charge in [-0.15, -0.1) is 0 Å². The van der Waals surface area contributed by atoms with Crippen LogP contribution in [-0.2, 0) is 4.79 Å². The van der Waals surface area contributed by atoms with Crippen LogP contribution in [0.4, 0.5) is 0 Å². The Balaban J connectivity index is 1.54. The number of carbonyl (C=O) groups is 1. The molecule has 1 saturated heterocycles. The van der Waals surface area contributed by atoms with E-state index in [9.17, 15) is 4.79 Å². The molecule has 1 amide bonds. The lowest BCUT2D eigenvalue weighted by Gasteiger charge is -2.46. The molecule has 1 aliphatic heterocycles. The molecular weight excluding hydrogens is 270 g/mol. The fourth-order valence-corrected chi connectivity index (χ4v) is 5.43. The molecule has 0 spiro atoms. The predicted molar refractivity (Wildman–Crippen MR) is 91.7 cm³/mol. The van der Waals surface area contributed by atoms with Crippen LogP contribution >= 0.6 is 0 Å². The summed E-state index contributed by atoms with van der Waals surface area (Å²) in [5.74, 6) is 2.85. The fraction of sp³-hybridized carbons (Fsp3) is 0.950. The molecule has 0 bridgehead atoms.